The minimum absolute atomic E-state index is 0.205. The van der Waals surface area contributed by atoms with E-state index in [0.717, 1.165) is 5.56 Å². The topological polar surface area (TPSA) is 38.9 Å². The average Bonchev–Trinajstić information content (AvgIpc) is 1.88. The van der Waals surface area contributed by atoms with Crippen molar-refractivity contribution < 1.29 is 0 Å². The zero-order chi connectivity index (χ0) is 7.56. The van der Waals surface area contributed by atoms with Crippen LogP contribution in [0.5, 0.6) is 0 Å². The predicted molar refractivity (Wildman–Crippen MR) is 46.1 cm³/mol. The Hall–Kier alpha value is -0.700. The molecular formula is C7H10N2S. The summed E-state index contributed by atoms with van der Waals surface area (Å²) >= 11 is 4.24. The molecule has 0 saturated heterocycles. The van der Waals surface area contributed by atoms with E-state index in [2.05, 4.69) is 17.6 Å². The Labute approximate surface area is 65.9 Å². The van der Waals surface area contributed by atoms with Crippen LogP contribution in [0.15, 0.2) is 18.5 Å². The number of nitrogen functional groups attached to an aromatic ring is 1. The molecule has 10 heavy (non-hydrogen) atoms. The van der Waals surface area contributed by atoms with Gasteiger partial charge in [0.05, 0.1) is 5.69 Å². The molecule has 3 heteroatoms. The molecule has 0 spiro atoms. The van der Waals surface area contributed by atoms with Crippen LogP contribution >= 0.6 is 12.6 Å². The molecule has 0 aliphatic heterocycles. The lowest BCUT2D eigenvalue weighted by Gasteiger charge is -2.02. The highest BCUT2D eigenvalue weighted by Gasteiger charge is 1.98. The number of nitrogens with zero attached hydrogens (tertiary/aromatic N) is 1. The van der Waals surface area contributed by atoms with E-state index >= 15 is 0 Å². The largest absolute Gasteiger partial charge is 0.397 e. The fourth-order valence-corrected chi connectivity index (χ4v) is 0.846. The molecule has 1 aromatic rings. The van der Waals surface area contributed by atoms with Crippen molar-refractivity contribution in [3.8, 4) is 0 Å². The molecule has 2 N–H and O–H groups in total. The van der Waals surface area contributed by atoms with E-state index in [9.17, 15) is 0 Å². The Balaban J connectivity index is 2.96. The highest BCUT2D eigenvalue weighted by Crippen LogP contribution is 2.18. The van der Waals surface area contributed by atoms with Gasteiger partial charge in [-0.15, -0.1) is 0 Å². The van der Waals surface area contributed by atoms with Crippen LogP contribution in [-0.2, 0) is 0 Å². The molecule has 1 unspecified atom stereocenters. The van der Waals surface area contributed by atoms with Crippen molar-refractivity contribution in [1.29, 1.82) is 0 Å². The van der Waals surface area contributed by atoms with Crippen LogP contribution in [0.3, 0.4) is 0 Å². The summed E-state index contributed by atoms with van der Waals surface area (Å²) in [6.45, 7) is 1.99. The second-order valence-corrected chi connectivity index (χ2v) is 3.00. The third-order valence-electron chi connectivity index (χ3n) is 1.26. The summed E-state index contributed by atoms with van der Waals surface area (Å²) in [6.07, 6.45) is 3.40. The van der Waals surface area contributed by atoms with Crippen molar-refractivity contribution >= 4 is 18.3 Å². The van der Waals surface area contributed by atoms with Crippen molar-refractivity contribution in [2.75, 3.05) is 5.73 Å². The van der Waals surface area contributed by atoms with Gasteiger partial charge < -0.3 is 5.73 Å². The third kappa shape index (κ3) is 1.64. The Morgan fingerprint density at radius 2 is 2.30 bits per heavy atom. The van der Waals surface area contributed by atoms with Crippen LogP contribution in [0.2, 0.25) is 0 Å². The van der Waals surface area contributed by atoms with Gasteiger partial charge in [0, 0.05) is 17.6 Å². The Morgan fingerprint density at radius 1 is 1.60 bits per heavy atom. The quantitative estimate of drug-likeness (QED) is 0.604. The minimum Gasteiger partial charge on any atom is -0.397 e. The second-order valence-electron chi connectivity index (χ2n) is 2.23. The first-order valence-electron chi connectivity index (χ1n) is 3.08. The fraction of sp³-hybridized carbons (Fsp3) is 0.286. The molecule has 1 aromatic heterocycles. The van der Waals surface area contributed by atoms with Gasteiger partial charge in [-0.25, -0.2) is 0 Å². The number of rotatable bonds is 1. The molecule has 0 amide bonds. The molecule has 1 rings (SSSR count). The number of pyridine rings is 1. The fourth-order valence-electron chi connectivity index (χ4n) is 0.705. The maximum absolute atomic E-state index is 5.50. The maximum atomic E-state index is 5.50. The summed E-state index contributed by atoms with van der Waals surface area (Å²) < 4.78 is 0. The molecule has 0 bridgehead atoms. The first-order chi connectivity index (χ1) is 4.70. The van der Waals surface area contributed by atoms with Gasteiger partial charge in [0.25, 0.3) is 0 Å². The lowest BCUT2D eigenvalue weighted by Crippen LogP contribution is -1.90. The first-order valence-corrected chi connectivity index (χ1v) is 3.60. The van der Waals surface area contributed by atoms with Gasteiger partial charge in [-0.3, -0.25) is 4.98 Å². The molecule has 0 radical (unpaired) electrons. The Morgan fingerprint density at radius 3 is 2.70 bits per heavy atom. The number of aromatic nitrogens is 1. The van der Waals surface area contributed by atoms with Crippen molar-refractivity contribution in [3.05, 3.63) is 24.0 Å². The van der Waals surface area contributed by atoms with Crippen LogP contribution in [-0.4, -0.2) is 4.98 Å². The summed E-state index contributed by atoms with van der Waals surface area (Å²) in [6, 6.07) is 1.88. The maximum Gasteiger partial charge on any atom is 0.0503 e. The summed E-state index contributed by atoms with van der Waals surface area (Å²) in [5.74, 6) is 0. The Bertz CT molecular complexity index is 223. The lowest BCUT2D eigenvalue weighted by molar-refractivity contribution is 1.08. The highest BCUT2D eigenvalue weighted by molar-refractivity contribution is 7.80. The van der Waals surface area contributed by atoms with Gasteiger partial charge in [0.1, 0.15) is 0 Å². The average molecular weight is 154 g/mol. The number of anilines is 1. The minimum atomic E-state index is 0.205. The lowest BCUT2D eigenvalue weighted by atomic mass is 10.2. The number of hydrogen-bond acceptors (Lipinski definition) is 3. The third-order valence-corrected chi connectivity index (χ3v) is 1.56. The molecule has 2 nitrogen and oxygen atoms in total. The zero-order valence-corrected chi connectivity index (χ0v) is 6.68. The van der Waals surface area contributed by atoms with Gasteiger partial charge >= 0.3 is 0 Å². The number of thiol groups is 1. The van der Waals surface area contributed by atoms with Crippen molar-refractivity contribution in [2.24, 2.45) is 0 Å². The highest BCUT2D eigenvalue weighted by atomic mass is 32.1. The molecule has 1 heterocycles. The molecule has 0 saturated carbocycles. The van der Waals surface area contributed by atoms with E-state index in [1.807, 2.05) is 13.0 Å². The van der Waals surface area contributed by atoms with Gasteiger partial charge in [-0.05, 0) is 18.6 Å². The van der Waals surface area contributed by atoms with Crippen LogP contribution < -0.4 is 5.73 Å². The van der Waals surface area contributed by atoms with Gasteiger partial charge in [0.15, 0.2) is 0 Å². The van der Waals surface area contributed by atoms with Gasteiger partial charge in [-0.1, -0.05) is 0 Å². The summed E-state index contributed by atoms with van der Waals surface area (Å²) in [5.41, 5.74) is 7.25. The molecule has 0 aliphatic carbocycles. The Kier molecular flexibility index (Phi) is 2.17. The molecule has 0 aromatic carbocycles. The monoisotopic (exact) mass is 154 g/mol. The standard InChI is InChI=1S/C7H10N2S/c1-5(10)6-2-7(8)4-9-3-6/h2-5,10H,8H2,1H3. The van der Waals surface area contributed by atoms with E-state index in [4.69, 9.17) is 5.73 Å². The van der Waals surface area contributed by atoms with Crippen LogP contribution in [0.4, 0.5) is 5.69 Å². The SMILES string of the molecule is CC(S)c1cncc(N)c1. The smallest absolute Gasteiger partial charge is 0.0503 e. The zero-order valence-electron chi connectivity index (χ0n) is 5.78. The van der Waals surface area contributed by atoms with E-state index in [-0.39, 0.29) is 5.25 Å². The van der Waals surface area contributed by atoms with E-state index in [1.165, 1.54) is 0 Å². The molecule has 0 fully saturated rings. The molecular weight excluding hydrogens is 144 g/mol. The van der Waals surface area contributed by atoms with Crippen molar-refractivity contribution in [1.82, 2.24) is 4.98 Å². The molecule has 54 valence electrons. The predicted octanol–water partition coefficient (Wildman–Crippen LogP) is 1.65. The number of nitrogens with two attached hydrogens (primary N) is 1. The van der Waals surface area contributed by atoms with Crippen LogP contribution in [0.1, 0.15) is 17.7 Å². The van der Waals surface area contributed by atoms with E-state index < -0.39 is 0 Å². The summed E-state index contributed by atoms with van der Waals surface area (Å²) in [4.78, 5) is 3.93. The van der Waals surface area contributed by atoms with Crippen molar-refractivity contribution in [3.63, 3.8) is 0 Å². The molecule has 0 aliphatic rings. The van der Waals surface area contributed by atoms with Gasteiger partial charge in [-0.2, -0.15) is 12.6 Å². The van der Waals surface area contributed by atoms with Crippen LogP contribution in [0.25, 0.3) is 0 Å². The molecule has 1 atom stereocenters. The number of hydrogen-bond donors (Lipinski definition) is 2. The summed E-state index contributed by atoms with van der Waals surface area (Å²) in [5, 5.41) is 0.205. The normalized spacial score (nSPS) is 13.0. The van der Waals surface area contributed by atoms with E-state index in [0.29, 0.717) is 5.69 Å². The first kappa shape index (κ1) is 7.41. The van der Waals surface area contributed by atoms with Gasteiger partial charge in [0.2, 0.25) is 0 Å². The van der Waals surface area contributed by atoms with E-state index in [1.54, 1.807) is 12.4 Å². The second kappa shape index (κ2) is 2.92. The van der Waals surface area contributed by atoms with Crippen molar-refractivity contribution in [2.45, 2.75) is 12.2 Å². The van der Waals surface area contributed by atoms with Crippen LogP contribution in [0, 0.1) is 0 Å². The summed E-state index contributed by atoms with van der Waals surface area (Å²) in [7, 11) is 0.